The van der Waals surface area contributed by atoms with Crippen LogP contribution in [0.5, 0.6) is 0 Å². The summed E-state index contributed by atoms with van der Waals surface area (Å²) in [5.41, 5.74) is 3.09. The molecule has 26 heavy (non-hydrogen) atoms. The van der Waals surface area contributed by atoms with Crippen LogP contribution in [-0.2, 0) is 6.42 Å². The lowest BCUT2D eigenvalue weighted by Crippen LogP contribution is -2.36. The Labute approximate surface area is 156 Å². The zero-order valence-electron chi connectivity index (χ0n) is 15.9. The number of pyridine rings is 1. The zero-order chi connectivity index (χ0) is 18.5. The first-order chi connectivity index (χ1) is 12.7. The minimum absolute atomic E-state index is 0.0585. The summed E-state index contributed by atoms with van der Waals surface area (Å²) in [6.07, 6.45) is 2.73. The summed E-state index contributed by atoms with van der Waals surface area (Å²) in [6, 6.07) is 12.3. The molecule has 1 amide bonds. The molecule has 0 fully saturated rings. The molecule has 3 rings (SSSR count). The van der Waals surface area contributed by atoms with Gasteiger partial charge in [0.1, 0.15) is 5.82 Å². The Morgan fingerprint density at radius 1 is 1.23 bits per heavy atom. The van der Waals surface area contributed by atoms with Crippen molar-refractivity contribution in [1.82, 2.24) is 15.2 Å². The Morgan fingerprint density at radius 3 is 2.77 bits per heavy atom. The summed E-state index contributed by atoms with van der Waals surface area (Å²) < 4.78 is 0. The molecule has 1 aliphatic rings. The highest BCUT2D eigenvalue weighted by Crippen LogP contribution is 2.38. The van der Waals surface area contributed by atoms with E-state index in [1.807, 2.05) is 18.2 Å². The molecule has 0 radical (unpaired) electrons. The van der Waals surface area contributed by atoms with Gasteiger partial charge in [0.2, 0.25) is 0 Å². The van der Waals surface area contributed by atoms with E-state index in [2.05, 4.69) is 59.1 Å². The number of nitrogens with zero attached hydrogens (tertiary/aromatic N) is 3. The molecular formula is C21H28N4O. The number of carbonyl (C=O) groups excluding carboxylic acids is 1. The van der Waals surface area contributed by atoms with Gasteiger partial charge in [0.25, 0.3) is 5.91 Å². The van der Waals surface area contributed by atoms with Gasteiger partial charge >= 0.3 is 0 Å². The van der Waals surface area contributed by atoms with Crippen LogP contribution in [0.3, 0.4) is 0 Å². The number of anilines is 2. The molecule has 0 saturated heterocycles. The molecule has 1 aromatic heterocycles. The second-order valence-corrected chi connectivity index (χ2v) is 6.71. The maximum absolute atomic E-state index is 12.8. The standard InChI is InChI=1S/C21H28N4O/c1-4-24(5-2)14-13-23-21(26)18-10-8-12-22-20(18)25-16(3)15-17-9-6-7-11-19(17)25/h6-12,16H,4-5,13-15H2,1-3H3,(H,23,26). The van der Waals surface area contributed by atoms with E-state index in [-0.39, 0.29) is 11.9 Å². The number of hydrogen-bond donors (Lipinski definition) is 1. The van der Waals surface area contributed by atoms with Gasteiger partial charge in [-0.3, -0.25) is 4.79 Å². The summed E-state index contributed by atoms with van der Waals surface area (Å²) in [4.78, 5) is 21.8. The number of likely N-dealkylation sites (N-methyl/N-ethyl adjacent to an activating group) is 1. The van der Waals surface area contributed by atoms with Crippen molar-refractivity contribution in [2.75, 3.05) is 31.1 Å². The number of fused-ring (bicyclic) bond motifs is 1. The SMILES string of the molecule is CCN(CC)CCNC(=O)c1cccnc1N1c2ccccc2CC1C. The second-order valence-electron chi connectivity index (χ2n) is 6.71. The molecule has 2 aromatic rings. The van der Waals surface area contributed by atoms with Crippen LogP contribution in [0.25, 0.3) is 0 Å². The highest BCUT2D eigenvalue weighted by Gasteiger charge is 2.30. The minimum atomic E-state index is -0.0585. The molecule has 1 aromatic carbocycles. The van der Waals surface area contributed by atoms with Crippen molar-refractivity contribution < 1.29 is 4.79 Å². The predicted octanol–water partition coefficient (Wildman–Crippen LogP) is 3.24. The Bertz CT molecular complexity index is 757. The number of hydrogen-bond acceptors (Lipinski definition) is 4. The van der Waals surface area contributed by atoms with E-state index in [4.69, 9.17) is 0 Å². The first-order valence-corrected chi connectivity index (χ1v) is 9.48. The van der Waals surface area contributed by atoms with Gasteiger partial charge in [-0.05, 0) is 50.2 Å². The summed E-state index contributed by atoms with van der Waals surface area (Å²) >= 11 is 0. The predicted molar refractivity (Wildman–Crippen MR) is 106 cm³/mol. The molecule has 1 aliphatic heterocycles. The van der Waals surface area contributed by atoms with Gasteiger partial charge in [0.15, 0.2) is 0 Å². The summed E-state index contributed by atoms with van der Waals surface area (Å²) in [5.74, 6) is 0.683. The lowest BCUT2D eigenvalue weighted by atomic mass is 10.1. The van der Waals surface area contributed by atoms with Crippen molar-refractivity contribution in [2.24, 2.45) is 0 Å². The molecule has 0 saturated carbocycles. The first-order valence-electron chi connectivity index (χ1n) is 9.48. The van der Waals surface area contributed by atoms with E-state index < -0.39 is 0 Å². The van der Waals surface area contributed by atoms with E-state index in [9.17, 15) is 4.79 Å². The van der Waals surface area contributed by atoms with Crippen LogP contribution in [0.1, 0.15) is 36.7 Å². The number of benzene rings is 1. The first kappa shape index (κ1) is 18.4. The van der Waals surface area contributed by atoms with Crippen molar-refractivity contribution >= 4 is 17.4 Å². The fourth-order valence-electron chi connectivity index (χ4n) is 3.62. The molecule has 5 heteroatoms. The van der Waals surface area contributed by atoms with Gasteiger partial charge in [-0.2, -0.15) is 0 Å². The average molecular weight is 352 g/mol. The Kier molecular flexibility index (Phi) is 5.89. The van der Waals surface area contributed by atoms with Crippen LogP contribution in [-0.4, -0.2) is 48.0 Å². The normalized spacial score (nSPS) is 16.0. The van der Waals surface area contributed by atoms with Crippen LogP contribution >= 0.6 is 0 Å². The van der Waals surface area contributed by atoms with Crippen molar-refractivity contribution in [3.63, 3.8) is 0 Å². The smallest absolute Gasteiger partial charge is 0.255 e. The molecule has 0 spiro atoms. The molecule has 1 N–H and O–H groups in total. The van der Waals surface area contributed by atoms with Gasteiger partial charge in [-0.15, -0.1) is 0 Å². The molecule has 2 heterocycles. The third kappa shape index (κ3) is 3.73. The molecule has 1 atom stereocenters. The van der Waals surface area contributed by atoms with Gasteiger partial charge in [-0.25, -0.2) is 4.98 Å². The minimum Gasteiger partial charge on any atom is -0.351 e. The third-order valence-corrected chi connectivity index (χ3v) is 5.07. The van der Waals surface area contributed by atoms with E-state index in [1.54, 1.807) is 6.20 Å². The third-order valence-electron chi connectivity index (χ3n) is 5.07. The molecule has 138 valence electrons. The number of para-hydroxylation sites is 1. The van der Waals surface area contributed by atoms with Crippen molar-refractivity contribution in [1.29, 1.82) is 0 Å². The largest absolute Gasteiger partial charge is 0.351 e. The number of nitrogens with one attached hydrogen (secondary N) is 1. The van der Waals surface area contributed by atoms with Gasteiger partial charge in [-0.1, -0.05) is 32.0 Å². The van der Waals surface area contributed by atoms with Gasteiger partial charge in [0, 0.05) is 31.0 Å². The van der Waals surface area contributed by atoms with E-state index in [1.165, 1.54) is 5.56 Å². The molecule has 0 aliphatic carbocycles. The number of rotatable bonds is 7. The molecule has 5 nitrogen and oxygen atoms in total. The highest BCUT2D eigenvalue weighted by molar-refractivity contribution is 6.00. The quantitative estimate of drug-likeness (QED) is 0.831. The van der Waals surface area contributed by atoms with E-state index >= 15 is 0 Å². The van der Waals surface area contributed by atoms with Gasteiger partial charge < -0.3 is 15.1 Å². The number of aromatic nitrogens is 1. The van der Waals surface area contributed by atoms with Crippen molar-refractivity contribution in [2.45, 2.75) is 33.2 Å². The monoisotopic (exact) mass is 352 g/mol. The van der Waals surface area contributed by atoms with Crippen molar-refractivity contribution in [3.8, 4) is 0 Å². The average Bonchev–Trinajstić information content (AvgIpc) is 3.00. The summed E-state index contributed by atoms with van der Waals surface area (Å²) in [6.45, 7) is 9.93. The fourth-order valence-corrected chi connectivity index (χ4v) is 3.62. The van der Waals surface area contributed by atoms with Crippen LogP contribution in [0, 0.1) is 0 Å². The summed E-state index contributed by atoms with van der Waals surface area (Å²) in [5, 5.41) is 3.05. The second kappa shape index (κ2) is 8.32. The van der Waals surface area contributed by atoms with Gasteiger partial charge in [0.05, 0.1) is 5.56 Å². The van der Waals surface area contributed by atoms with Crippen LogP contribution in [0.4, 0.5) is 11.5 Å². The zero-order valence-corrected chi connectivity index (χ0v) is 15.9. The van der Waals surface area contributed by atoms with E-state index in [0.29, 0.717) is 12.1 Å². The molecule has 1 unspecified atom stereocenters. The highest BCUT2D eigenvalue weighted by atomic mass is 16.1. The Balaban J connectivity index is 1.80. The van der Waals surface area contributed by atoms with Crippen LogP contribution in [0.2, 0.25) is 0 Å². The maximum atomic E-state index is 12.8. The molecular weight excluding hydrogens is 324 g/mol. The summed E-state index contributed by atoms with van der Waals surface area (Å²) in [7, 11) is 0. The Hall–Kier alpha value is -2.40. The Morgan fingerprint density at radius 2 is 2.00 bits per heavy atom. The van der Waals surface area contributed by atoms with E-state index in [0.717, 1.165) is 37.6 Å². The van der Waals surface area contributed by atoms with Crippen molar-refractivity contribution in [3.05, 3.63) is 53.7 Å². The van der Waals surface area contributed by atoms with Crippen LogP contribution < -0.4 is 10.2 Å². The molecule has 0 bridgehead atoms. The fraction of sp³-hybridized carbons (Fsp3) is 0.429. The number of carbonyl (C=O) groups is 1. The number of amides is 1. The maximum Gasteiger partial charge on any atom is 0.255 e. The lowest BCUT2D eigenvalue weighted by Gasteiger charge is -2.26. The lowest BCUT2D eigenvalue weighted by molar-refractivity contribution is 0.0949. The van der Waals surface area contributed by atoms with Crippen LogP contribution in [0.15, 0.2) is 42.6 Å². The topological polar surface area (TPSA) is 48.5 Å².